The van der Waals surface area contributed by atoms with Gasteiger partial charge in [-0.1, -0.05) is 48.6 Å². The summed E-state index contributed by atoms with van der Waals surface area (Å²) in [6.45, 7) is 2.78. The fraction of sp³-hybridized carbons (Fsp3) is 0.375. The minimum Gasteiger partial charge on any atom is -0.451 e. The van der Waals surface area contributed by atoms with Gasteiger partial charge in [-0.3, -0.25) is 10.2 Å². The monoisotopic (exact) mass is 578 g/mol. The second-order valence-electron chi connectivity index (χ2n) is 11.0. The van der Waals surface area contributed by atoms with Crippen molar-refractivity contribution in [3.05, 3.63) is 94.9 Å². The van der Waals surface area contributed by atoms with E-state index in [1.54, 1.807) is 5.12 Å². The zero-order valence-corrected chi connectivity index (χ0v) is 23.4. The molecule has 1 aromatic heterocycles. The first-order valence-electron chi connectivity index (χ1n) is 14.3. The Balaban J connectivity index is 1.12. The number of amides is 1. The smallest absolute Gasteiger partial charge is 0.417 e. The Morgan fingerprint density at radius 2 is 1.95 bits per heavy atom. The predicted molar refractivity (Wildman–Crippen MR) is 153 cm³/mol. The fourth-order valence-electron chi connectivity index (χ4n) is 5.78. The molecule has 1 amide bonds. The minimum absolute atomic E-state index is 0.0284. The SMILES string of the molecule is CC1=NN(COCC2=CC=CC=CC2)NC2=C1CC(N(C(=O)c1ccc(-c3ccccc3C(F)(F)F)o1)C1CC1)CC2. The molecule has 6 rings (SSSR count). The number of ether oxygens (including phenoxy) is 1. The van der Waals surface area contributed by atoms with Crippen molar-refractivity contribution in [2.45, 2.75) is 63.7 Å². The number of hydrazone groups is 1. The molecule has 0 radical (unpaired) electrons. The highest BCUT2D eigenvalue weighted by Crippen LogP contribution is 2.40. The zero-order chi connectivity index (χ0) is 29.3. The molecular formula is C32H33F3N4O3. The van der Waals surface area contributed by atoms with Gasteiger partial charge in [0, 0.05) is 23.3 Å². The highest BCUT2D eigenvalue weighted by Gasteiger charge is 2.41. The predicted octanol–water partition coefficient (Wildman–Crippen LogP) is 6.99. The molecule has 1 aromatic carbocycles. The third-order valence-corrected chi connectivity index (χ3v) is 7.96. The van der Waals surface area contributed by atoms with Crippen LogP contribution < -0.4 is 5.43 Å². The maximum atomic E-state index is 13.7. The molecule has 1 aliphatic heterocycles. The van der Waals surface area contributed by atoms with E-state index < -0.39 is 11.7 Å². The van der Waals surface area contributed by atoms with Crippen LogP contribution in [-0.4, -0.2) is 47.1 Å². The number of benzene rings is 1. The van der Waals surface area contributed by atoms with E-state index in [0.717, 1.165) is 55.2 Å². The van der Waals surface area contributed by atoms with Crippen molar-refractivity contribution in [2.75, 3.05) is 13.3 Å². The Kier molecular flexibility index (Phi) is 7.81. The van der Waals surface area contributed by atoms with Crippen molar-refractivity contribution in [1.82, 2.24) is 15.4 Å². The highest BCUT2D eigenvalue weighted by atomic mass is 19.4. The number of carbonyl (C=O) groups is 1. The molecule has 4 aliphatic rings. The quantitative estimate of drug-likeness (QED) is 0.366. The highest BCUT2D eigenvalue weighted by molar-refractivity contribution is 5.99. The van der Waals surface area contributed by atoms with Gasteiger partial charge in [-0.05, 0) is 74.8 Å². The molecule has 10 heteroatoms. The van der Waals surface area contributed by atoms with Crippen molar-refractivity contribution in [2.24, 2.45) is 5.10 Å². The number of hydrogen-bond acceptors (Lipinski definition) is 6. The first kappa shape index (κ1) is 28.1. The van der Waals surface area contributed by atoms with Gasteiger partial charge in [-0.25, -0.2) is 0 Å². The molecule has 1 N–H and O–H groups in total. The van der Waals surface area contributed by atoms with Crippen LogP contribution >= 0.6 is 0 Å². The molecule has 1 unspecified atom stereocenters. The Morgan fingerprint density at radius 1 is 1.12 bits per heavy atom. The van der Waals surface area contributed by atoms with Crippen molar-refractivity contribution < 1.29 is 27.1 Å². The molecule has 0 bridgehead atoms. The van der Waals surface area contributed by atoms with Gasteiger partial charge in [-0.15, -0.1) is 0 Å². The number of alkyl halides is 3. The Hall–Kier alpha value is -4.05. The summed E-state index contributed by atoms with van der Waals surface area (Å²) in [4.78, 5) is 15.6. The lowest BCUT2D eigenvalue weighted by atomic mass is 9.88. The molecule has 0 spiro atoms. The zero-order valence-electron chi connectivity index (χ0n) is 23.4. The number of halogens is 3. The van der Waals surface area contributed by atoms with Crippen LogP contribution in [0.1, 0.15) is 61.6 Å². The van der Waals surface area contributed by atoms with Crippen LogP contribution in [0.3, 0.4) is 0 Å². The summed E-state index contributed by atoms with van der Waals surface area (Å²) in [6.07, 6.45) is 10.5. The van der Waals surface area contributed by atoms with Crippen LogP contribution in [0.25, 0.3) is 11.3 Å². The van der Waals surface area contributed by atoms with Gasteiger partial charge in [0.25, 0.3) is 5.91 Å². The number of hydrazine groups is 1. The maximum Gasteiger partial charge on any atom is 0.417 e. The lowest BCUT2D eigenvalue weighted by Crippen LogP contribution is -2.47. The van der Waals surface area contributed by atoms with Gasteiger partial charge in [-0.2, -0.15) is 23.4 Å². The molecule has 42 heavy (non-hydrogen) atoms. The summed E-state index contributed by atoms with van der Waals surface area (Å²) >= 11 is 0. The van der Waals surface area contributed by atoms with Gasteiger partial charge >= 0.3 is 6.18 Å². The number of nitrogens with zero attached hydrogens (tertiary/aromatic N) is 3. The Labute approximate surface area is 242 Å². The van der Waals surface area contributed by atoms with Gasteiger partial charge < -0.3 is 14.1 Å². The molecule has 1 saturated carbocycles. The summed E-state index contributed by atoms with van der Waals surface area (Å²) in [7, 11) is 0. The van der Waals surface area contributed by atoms with Crippen LogP contribution in [0.15, 0.2) is 93.1 Å². The van der Waals surface area contributed by atoms with Crippen molar-refractivity contribution in [3.63, 3.8) is 0 Å². The number of hydrogen-bond donors (Lipinski definition) is 1. The topological polar surface area (TPSA) is 70.3 Å². The number of carbonyl (C=O) groups excluding carboxylic acids is 1. The summed E-state index contributed by atoms with van der Waals surface area (Å²) in [5.41, 5.74) is 6.74. The Bertz CT molecular complexity index is 1500. The summed E-state index contributed by atoms with van der Waals surface area (Å²) < 4.78 is 52.4. The second kappa shape index (κ2) is 11.7. The maximum absolute atomic E-state index is 13.7. The van der Waals surface area contributed by atoms with Crippen LogP contribution in [-0.2, 0) is 10.9 Å². The third-order valence-electron chi connectivity index (χ3n) is 7.96. The van der Waals surface area contributed by atoms with Crippen LogP contribution in [0.4, 0.5) is 13.2 Å². The fourth-order valence-corrected chi connectivity index (χ4v) is 5.78. The molecule has 2 heterocycles. The first-order chi connectivity index (χ1) is 20.3. The lowest BCUT2D eigenvalue weighted by molar-refractivity contribution is -0.137. The Morgan fingerprint density at radius 3 is 2.76 bits per heavy atom. The second-order valence-corrected chi connectivity index (χ2v) is 11.0. The first-order valence-corrected chi connectivity index (χ1v) is 14.3. The minimum atomic E-state index is -4.53. The average Bonchev–Trinajstić information content (AvgIpc) is 3.74. The van der Waals surface area contributed by atoms with Crippen LogP contribution in [0, 0.1) is 0 Å². The van der Waals surface area contributed by atoms with E-state index in [0.29, 0.717) is 19.8 Å². The molecule has 1 fully saturated rings. The van der Waals surface area contributed by atoms with Crippen molar-refractivity contribution in [3.8, 4) is 11.3 Å². The largest absolute Gasteiger partial charge is 0.451 e. The molecule has 220 valence electrons. The molecule has 0 saturated heterocycles. The lowest BCUT2D eigenvalue weighted by Gasteiger charge is -2.39. The van der Waals surface area contributed by atoms with Gasteiger partial charge in [0.2, 0.25) is 0 Å². The van der Waals surface area contributed by atoms with Crippen molar-refractivity contribution >= 4 is 11.6 Å². The summed E-state index contributed by atoms with van der Waals surface area (Å²) in [6, 6.07) is 8.22. The standard InChI is InChI=1S/C32H33F3N4O3/c1-21-26-18-24(14-15-28(26)37-38(36-21)20-41-19-22-8-4-2-3-5-9-22)39(23-12-13-23)31(40)30-17-16-29(42-30)25-10-6-7-11-27(25)32(33,34)35/h2-8,10-11,16-17,23-24,37H,9,12-15,18-20H2,1H3. The van der Waals surface area contributed by atoms with E-state index in [9.17, 15) is 18.0 Å². The van der Waals surface area contributed by atoms with E-state index >= 15 is 0 Å². The van der Waals surface area contributed by atoms with E-state index in [2.05, 4.69) is 22.7 Å². The van der Waals surface area contributed by atoms with Gasteiger partial charge in [0.15, 0.2) is 12.5 Å². The molecule has 1 atom stereocenters. The van der Waals surface area contributed by atoms with Gasteiger partial charge in [0.05, 0.1) is 17.9 Å². The van der Waals surface area contributed by atoms with Crippen LogP contribution in [0.2, 0.25) is 0 Å². The molecular weight excluding hydrogens is 545 g/mol. The third kappa shape index (κ3) is 6.09. The van der Waals surface area contributed by atoms with Crippen molar-refractivity contribution in [1.29, 1.82) is 0 Å². The van der Waals surface area contributed by atoms with Crippen LogP contribution in [0.5, 0.6) is 0 Å². The summed E-state index contributed by atoms with van der Waals surface area (Å²) in [5, 5.41) is 6.40. The van der Waals surface area contributed by atoms with E-state index in [1.807, 2.05) is 30.1 Å². The molecule has 2 aromatic rings. The summed E-state index contributed by atoms with van der Waals surface area (Å²) in [5.74, 6) is -0.201. The normalized spacial score (nSPS) is 20.5. The molecule has 7 nitrogen and oxygen atoms in total. The van der Waals surface area contributed by atoms with E-state index in [-0.39, 0.29) is 35.1 Å². The number of allylic oxidation sites excluding steroid dienone is 6. The van der Waals surface area contributed by atoms with E-state index in [4.69, 9.17) is 9.15 Å². The number of nitrogens with one attached hydrogen (secondary N) is 1. The number of furan rings is 1. The average molecular weight is 579 g/mol. The number of rotatable bonds is 8. The van der Waals surface area contributed by atoms with Gasteiger partial charge in [0.1, 0.15) is 5.76 Å². The molecule has 3 aliphatic carbocycles. The van der Waals surface area contributed by atoms with E-state index in [1.165, 1.54) is 35.9 Å².